The minimum Gasteiger partial charge on any atom is -0.507 e. The summed E-state index contributed by atoms with van der Waals surface area (Å²) in [7, 11) is 0. The Kier molecular flexibility index (Phi) is 3.18. The highest BCUT2D eigenvalue weighted by atomic mass is 19.1. The highest BCUT2D eigenvalue weighted by Gasteiger charge is 2.48. The maximum absolute atomic E-state index is 12.8. The van der Waals surface area contributed by atoms with Gasteiger partial charge >= 0.3 is 5.97 Å². The van der Waals surface area contributed by atoms with Crippen molar-refractivity contribution in [2.45, 2.75) is 25.3 Å². The third-order valence-corrected chi connectivity index (χ3v) is 3.42. The van der Waals surface area contributed by atoms with Crippen LogP contribution in [0, 0.1) is 11.7 Å². The molecule has 0 heterocycles. The molecule has 0 saturated heterocycles. The van der Waals surface area contributed by atoms with E-state index in [0.717, 1.165) is 31.0 Å². The molecular formula is C13H14FNO4. The molecule has 2 rings (SSSR count). The van der Waals surface area contributed by atoms with E-state index < -0.39 is 29.0 Å². The molecule has 1 amide bonds. The van der Waals surface area contributed by atoms with Gasteiger partial charge in [0.15, 0.2) is 0 Å². The maximum Gasteiger partial charge on any atom is 0.329 e. The number of halogens is 1. The molecule has 1 fully saturated rings. The van der Waals surface area contributed by atoms with E-state index >= 15 is 0 Å². The second-order valence-corrected chi connectivity index (χ2v) is 4.90. The Morgan fingerprint density at radius 3 is 2.53 bits per heavy atom. The first kappa shape index (κ1) is 13.3. The van der Waals surface area contributed by atoms with E-state index in [9.17, 15) is 24.2 Å². The summed E-state index contributed by atoms with van der Waals surface area (Å²) < 4.78 is 12.8. The largest absolute Gasteiger partial charge is 0.507 e. The van der Waals surface area contributed by atoms with E-state index in [1.54, 1.807) is 0 Å². The number of benzene rings is 1. The Morgan fingerprint density at radius 1 is 1.42 bits per heavy atom. The Bertz CT molecular complexity index is 541. The fourth-order valence-corrected chi connectivity index (χ4v) is 1.99. The smallest absolute Gasteiger partial charge is 0.329 e. The Morgan fingerprint density at radius 2 is 2.05 bits per heavy atom. The van der Waals surface area contributed by atoms with Crippen LogP contribution in [-0.4, -0.2) is 27.6 Å². The first-order valence-corrected chi connectivity index (χ1v) is 5.89. The molecule has 0 aromatic heterocycles. The van der Waals surface area contributed by atoms with Crippen LogP contribution in [0.1, 0.15) is 30.1 Å². The van der Waals surface area contributed by atoms with Crippen LogP contribution in [0.3, 0.4) is 0 Å². The number of amides is 1. The zero-order valence-electron chi connectivity index (χ0n) is 10.3. The number of carbonyl (C=O) groups excluding carboxylic acids is 1. The van der Waals surface area contributed by atoms with Crippen LogP contribution >= 0.6 is 0 Å². The molecule has 19 heavy (non-hydrogen) atoms. The van der Waals surface area contributed by atoms with Gasteiger partial charge < -0.3 is 15.5 Å². The topological polar surface area (TPSA) is 86.6 Å². The van der Waals surface area contributed by atoms with E-state index in [0.29, 0.717) is 0 Å². The Labute approximate surface area is 109 Å². The van der Waals surface area contributed by atoms with E-state index in [4.69, 9.17) is 0 Å². The van der Waals surface area contributed by atoms with Crippen molar-refractivity contribution < 1.29 is 24.2 Å². The van der Waals surface area contributed by atoms with Gasteiger partial charge in [0.2, 0.25) is 0 Å². The molecule has 5 nitrogen and oxygen atoms in total. The summed E-state index contributed by atoms with van der Waals surface area (Å²) in [6.07, 6.45) is 1.47. The van der Waals surface area contributed by atoms with Gasteiger partial charge in [0.25, 0.3) is 5.91 Å². The normalized spacial score (nSPS) is 17.6. The van der Waals surface area contributed by atoms with Crippen molar-refractivity contribution in [3.05, 3.63) is 29.6 Å². The molecule has 0 radical (unpaired) electrons. The van der Waals surface area contributed by atoms with Crippen LogP contribution in [-0.2, 0) is 4.79 Å². The number of carbonyl (C=O) groups is 2. The third-order valence-electron chi connectivity index (χ3n) is 3.42. The fourth-order valence-electron chi connectivity index (χ4n) is 1.99. The summed E-state index contributed by atoms with van der Waals surface area (Å²) in [6.45, 7) is 1.44. The number of phenolic OH excluding ortho intramolecular Hbond substituents is 1. The van der Waals surface area contributed by atoms with Crippen LogP contribution in [0.4, 0.5) is 4.39 Å². The molecule has 6 heteroatoms. The monoisotopic (exact) mass is 267 g/mol. The van der Waals surface area contributed by atoms with Gasteiger partial charge in [-0.2, -0.15) is 0 Å². The van der Waals surface area contributed by atoms with Gasteiger partial charge in [-0.05, 0) is 37.8 Å². The van der Waals surface area contributed by atoms with E-state index in [-0.39, 0.29) is 11.5 Å². The summed E-state index contributed by atoms with van der Waals surface area (Å²) in [6, 6.07) is 2.96. The molecule has 1 aromatic rings. The molecule has 102 valence electrons. The van der Waals surface area contributed by atoms with Gasteiger partial charge in [-0.25, -0.2) is 9.18 Å². The molecule has 1 unspecified atom stereocenters. The van der Waals surface area contributed by atoms with E-state index in [2.05, 4.69) is 5.32 Å². The Balaban J connectivity index is 2.22. The molecule has 1 atom stereocenters. The molecule has 1 aromatic carbocycles. The lowest BCUT2D eigenvalue weighted by atomic mass is 9.95. The molecule has 1 aliphatic rings. The zero-order valence-corrected chi connectivity index (χ0v) is 10.3. The second-order valence-electron chi connectivity index (χ2n) is 4.90. The highest BCUT2D eigenvalue weighted by Crippen LogP contribution is 2.40. The van der Waals surface area contributed by atoms with Gasteiger partial charge in [-0.3, -0.25) is 4.79 Å². The second kappa shape index (κ2) is 4.53. The maximum atomic E-state index is 12.8. The number of aliphatic carboxylic acids is 1. The molecule has 3 N–H and O–H groups in total. The number of phenols is 1. The number of hydrogen-bond acceptors (Lipinski definition) is 3. The molecule has 1 saturated carbocycles. The van der Waals surface area contributed by atoms with Crippen molar-refractivity contribution in [1.82, 2.24) is 5.32 Å². The minimum atomic E-state index is -1.36. The molecular weight excluding hydrogens is 253 g/mol. The van der Waals surface area contributed by atoms with Crippen molar-refractivity contribution in [2.75, 3.05) is 0 Å². The number of rotatable bonds is 4. The lowest BCUT2D eigenvalue weighted by Gasteiger charge is -2.26. The van der Waals surface area contributed by atoms with E-state index in [1.165, 1.54) is 6.92 Å². The quantitative estimate of drug-likeness (QED) is 0.771. The number of hydrogen-bond donors (Lipinski definition) is 3. The summed E-state index contributed by atoms with van der Waals surface area (Å²) >= 11 is 0. The third kappa shape index (κ3) is 2.52. The first-order valence-electron chi connectivity index (χ1n) is 5.89. The van der Waals surface area contributed by atoms with E-state index in [1.807, 2.05) is 0 Å². The van der Waals surface area contributed by atoms with Gasteiger partial charge in [-0.15, -0.1) is 0 Å². The van der Waals surface area contributed by atoms with Crippen molar-refractivity contribution in [2.24, 2.45) is 5.92 Å². The van der Waals surface area contributed by atoms with Crippen LogP contribution in [0.2, 0.25) is 0 Å². The predicted octanol–water partition coefficient (Wildman–Crippen LogP) is 1.51. The lowest BCUT2D eigenvalue weighted by Crippen LogP contribution is -2.54. The van der Waals surface area contributed by atoms with Crippen molar-refractivity contribution in [3.63, 3.8) is 0 Å². The Hall–Kier alpha value is -2.11. The predicted molar refractivity (Wildman–Crippen MR) is 64.3 cm³/mol. The zero-order chi connectivity index (χ0) is 14.2. The average Bonchev–Trinajstić information content (AvgIpc) is 3.11. The number of nitrogens with one attached hydrogen (secondary N) is 1. The van der Waals surface area contributed by atoms with Gasteiger partial charge in [0, 0.05) is 6.07 Å². The minimum absolute atomic E-state index is 0.114. The number of aromatic hydroxyl groups is 1. The molecule has 0 spiro atoms. The SMILES string of the molecule is CC(NC(=O)c1ccc(F)cc1O)(C(=O)O)C1CC1. The van der Waals surface area contributed by atoms with Gasteiger partial charge in [0.05, 0.1) is 5.56 Å². The highest BCUT2D eigenvalue weighted by molar-refractivity contribution is 6.00. The fraction of sp³-hybridized carbons (Fsp3) is 0.385. The summed E-state index contributed by atoms with van der Waals surface area (Å²) in [5.74, 6) is -3.14. The number of carboxylic acids is 1. The van der Waals surface area contributed by atoms with Gasteiger partial charge in [-0.1, -0.05) is 0 Å². The van der Waals surface area contributed by atoms with Gasteiger partial charge in [0.1, 0.15) is 17.1 Å². The van der Waals surface area contributed by atoms with Crippen molar-refractivity contribution in [1.29, 1.82) is 0 Å². The molecule has 0 bridgehead atoms. The molecule has 1 aliphatic carbocycles. The summed E-state index contributed by atoms with van der Waals surface area (Å²) in [4.78, 5) is 23.2. The summed E-state index contributed by atoms with van der Waals surface area (Å²) in [5, 5.41) is 21.1. The average molecular weight is 267 g/mol. The standard InChI is InChI=1S/C13H14FNO4/c1-13(12(18)19,7-2-3-7)15-11(17)9-5-4-8(14)6-10(9)16/h4-7,16H,2-3H2,1H3,(H,15,17)(H,18,19). The van der Waals surface area contributed by atoms with Crippen molar-refractivity contribution in [3.8, 4) is 5.75 Å². The lowest BCUT2D eigenvalue weighted by molar-refractivity contribution is -0.144. The number of carboxylic acid groups (broad SMARTS) is 1. The van der Waals surface area contributed by atoms with Crippen molar-refractivity contribution >= 4 is 11.9 Å². The van der Waals surface area contributed by atoms with Crippen LogP contribution in [0.15, 0.2) is 18.2 Å². The summed E-state index contributed by atoms with van der Waals surface area (Å²) in [5.41, 5.74) is -1.51. The van der Waals surface area contributed by atoms with Crippen LogP contribution < -0.4 is 5.32 Å². The van der Waals surface area contributed by atoms with Crippen LogP contribution in [0.5, 0.6) is 5.75 Å². The van der Waals surface area contributed by atoms with Crippen LogP contribution in [0.25, 0.3) is 0 Å². The molecule has 0 aliphatic heterocycles. The first-order chi connectivity index (χ1) is 8.84.